The maximum absolute atomic E-state index is 13.2. The van der Waals surface area contributed by atoms with E-state index in [1.54, 1.807) is 0 Å². The Labute approximate surface area is 121 Å². The maximum atomic E-state index is 13.2. The van der Waals surface area contributed by atoms with Crippen LogP contribution in [0.4, 0.5) is 14.5 Å². The highest BCUT2D eigenvalue weighted by molar-refractivity contribution is 5.82. The molecule has 108 valence electrons. The summed E-state index contributed by atoms with van der Waals surface area (Å²) < 4.78 is 28.0. The fourth-order valence-electron chi connectivity index (χ4n) is 2.36. The molecule has 0 bridgehead atoms. The zero-order valence-corrected chi connectivity index (χ0v) is 11.6. The number of para-hydroxylation sites is 1. The number of fused-ring (bicyclic) bond motifs is 1. The third-order valence-corrected chi connectivity index (χ3v) is 3.41. The molecule has 3 aromatic rings. The third kappa shape index (κ3) is 2.59. The lowest BCUT2D eigenvalue weighted by atomic mass is 10.2. The third-order valence-electron chi connectivity index (χ3n) is 3.41. The molecule has 0 radical (unpaired) electrons. The quantitative estimate of drug-likeness (QED) is 0.787. The second-order valence-electron chi connectivity index (χ2n) is 4.76. The Morgan fingerprint density at radius 1 is 1.10 bits per heavy atom. The van der Waals surface area contributed by atoms with Crippen LogP contribution < -0.4 is 5.32 Å². The molecule has 0 aliphatic rings. The molecular weight excluding hydrogens is 272 g/mol. The molecule has 0 fully saturated rings. The topological polar surface area (TPSA) is 29.9 Å². The molecule has 0 unspecified atom stereocenters. The highest BCUT2D eigenvalue weighted by Crippen LogP contribution is 2.20. The lowest BCUT2D eigenvalue weighted by Crippen LogP contribution is -2.03. The van der Waals surface area contributed by atoms with Crippen LogP contribution in [-0.4, -0.2) is 9.78 Å². The van der Waals surface area contributed by atoms with Crippen LogP contribution in [-0.2, 0) is 13.1 Å². The summed E-state index contributed by atoms with van der Waals surface area (Å²) in [5.74, 6) is -1.70. The van der Waals surface area contributed by atoms with Gasteiger partial charge in [0.2, 0.25) is 0 Å². The van der Waals surface area contributed by atoms with E-state index in [1.165, 1.54) is 6.07 Å². The second-order valence-corrected chi connectivity index (χ2v) is 4.76. The minimum absolute atomic E-state index is 0.457. The number of aromatic nitrogens is 2. The van der Waals surface area contributed by atoms with Crippen molar-refractivity contribution >= 4 is 16.6 Å². The average molecular weight is 287 g/mol. The number of hydrogen-bond donors (Lipinski definition) is 1. The molecule has 1 heterocycles. The van der Waals surface area contributed by atoms with Crippen molar-refractivity contribution in [3.8, 4) is 0 Å². The molecule has 1 aromatic heterocycles. The van der Waals surface area contributed by atoms with Crippen molar-refractivity contribution < 1.29 is 8.78 Å². The molecule has 0 aliphatic carbocycles. The van der Waals surface area contributed by atoms with E-state index in [-0.39, 0.29) is 0 Å². The summed E-state index contributed by atoms with van der Waals surface area (Å²) in [6, 6.07) is 11.7. The number of rotatable bonds is 4. The molecule has 1 N–H and O–H groups in total. The first-order valence-corrected chi connectivity index (χ1v) is 6.82. The van der Waals surface area contributed by atoms with Crippen molar-refractivity contribution in [3.05, 3.63) is 59.8 Å². The van der Waals surface area contributed by atoms with E-state index in [2.05, 4.69) is 10.4 Å². The molecule has 0 amide bonds. The Kier molecular flexibility index (Phi) is 3.56. The molecule has 2 aromatic carbocycles. The van der Waals surface area contributed by atoms with Gasteiger partial charge < -0.3 is 5.32 Å². The van der Waals surface area contributed by atoms with E-state index in [0.29, 0.717) is 12.2 Å². The summed E-state index contributed by atoms with van der Waals surface area (Å²) in [6.45, 7) is 3.27. The van der Waals surface area contributed by atoms with E-state index in [4.69, 9.17) is 0 Å². The number of hydrogen-bond acceptors (Lipinski definition) is 2. The van der Waals surface area contributed by atoms with E-state index in [0.717, 1.165) is 35.3 Å². The number of benzene rings is 2. The Bertz CT molecular complexity index is 780. The molecule has 3 rings (SSSR count). The minimum Gasteiger partial charge on any atom is -0.379 e. The van der Waals surface area contributed by atoms with Crippen molar-refractivity contribution in [3.63, 3.8) is 0 Å². The monoisotopic (exact) mass is 287 g/mol. The summed E-state index contributed by atoms with van der Waals surface area (Å²) in [6.07, 6.45) is 0. The zero-order valence-electron chi connectivity index (χ0n) is 11.6. The summed E-state index contributed by atoms with van der Waals surface area (Å²) in [7, 11) is 0. The van der Waals surface area contributed by atoms with Gasteiger partial charge in [0.1, 0.15) is 0 Å². The fraction of sp³-hybridized carbons (Fsp3) is 0.188. The number of halogens is 2. The predicted molar refractivity (Wildman–Crippen MR) is 79.1 cm³/mol. The molecular formula is C16H15F2N3. The zero-order chi connectivity index (χ0) is 14.8. The van der Waals surface area contributed by atoms with Crippen LogP contribution in [0.5, 0.6) is 0 Å². The van der Waals surface area contributed by atoms with Gasteiger partial charge in [-0.15, -0.1) is 0 Å². The molecule has 0 atom stereocenters. The van der Waals surface area contributed by atoms with Crippen LogP contribution in [0.1, 0.15) is 12.6 Å². The first kappa shape index (κ1) is 13.5. The van der Waals surface area contributed by atoms with Gasteiger partial charge in [-0.2, -0.15) is 5.10 Å². The lowest BCUT2D eigenvalue weighted by molar-refractivity contribution is 0.509. The van der Waals surface area contributed by atoms with Crippen LogP contribution in [0.25, 0.3) is 10.9 Å². The van der Waals surface area contributed by atoms with Gasteiger partial charge >= 0.3 is 0 Å². The molecule has 21 heavy (non-hydrogen) atoms. The van der Waals surface area contributed by atoms with Crippen molar-refractivity contribution in [1.82, 2.24) is 9.78 Å². The number of anilines is 1. The van der Waals surface area contributed by atoms with E-state index in [9.17, 15) is 8.78 Å². The van der Waals surface area contributed by atoms with Gasteiger partial charge in [0.05, 0.1) is 17.8 Å². The van der Waals surface area contributed by atoms with Crippen LogP contribution in [0.2, 0.25) is 0 Å². The van der Waals surface area contributed by atoms with Crippen LogP contribution in [0.3, 0.4) is 0 Å². The summed E-state index contributed by atoms with van der Waals surface area (Å²) in [5.41, 5.74) is 2.49. The van der Waals surface area contributed by atoms with Gasteiger partial charge in [0.15, 0.2) is 11.6 Å². The Morgan fingerprint density at radius 2 is 1.90 bits per heavy atom. The van der Waals surface area contributed by atoms with Gasteiger partial charge in [-0.3, -0.25) is 4.68 Å². The first-order valence-electron chi connectivity index (χ1n) is 6.82. The molecule has 0 saturated heterocycles. The Morgan fingerprint density at radius 3 is 2.67 bits per heavy atom. The smallest absolute Gasteiger partial charge is 0.160 e. The highest BCUT2D eigenvalue weighted by atomic mass is 19.2. The van der Waals surface area contributed by atoms with Gasteiger partial charge in [0.25, 0.3) is 0 Å². The van der Waals surface area contributed by atoms with E-state index in [1.807, 2.05) is 35.9 Å². The fourth-order valence-corrected chi connectivity index (χ4v) is 2.36. The average Bonchev–Trinajstić information content (AvgIpc) is 2.87. The largest absolute Gasteiger partial charge is 0.379 e. The summed E-state index contributed by atoms with van der Waals surface area (Å²) in [4.78, 5) is 0. The van der Waals surface area contributed by atoms with Gasteiger partial charge in [-0.05, 0) is 25.1 Å². The molecule has 3 nitrogen and oxygen atoms in total. The van der Waals surface area contributed by atoms with Crippen LogP contribution in [0, 0.1) is 11.6 Å². The Balaban J connectivity index is 1.86. The second kappa shape index (κ2) is 5.52. The molecule has 0 saturated carbocycles. The first-order chi connectivity index (χ1) is 10.2. The van der Waals surface area contributed by atoms with Crippen molar-refractivity contribution in [1.29, 1.82) is 0 Å². The molecule has 5 heteroatoms. The van der Waals surface area contributed by atoms with Gasteiger partial charge in [-0.25, -0.2) is 8.78 Å². The van der Waals surface area contributed by atoms with Crippen molar-refractivity contribution in [2.45, 2.75) is 20.0 Å². The predicted octanol–water partition coefficient (Wildman–Crippen LogP) is 3.95. The van der Waals surface area contributed by atoms with Crippen LogP contribution in [0.15, 0.2) is 42.5 Å². The van der Waals surface area contributed by atoms with Gasteiger partial charge in [-0.1, -0.05) is 18.2 Å². The van der Waals surface area contributed by atoms with E-state index >= 15 is 0 Å². The maximum Gasteiger partial charge on any atom is 0.160 e. The lowest BCUT2D eigenvalue weighted by Gasteiger charge is -2.05. The standard InChI is InChI=1S/C16H15F2N3/c1-2-21-16-6-4-3-5-12(16)15(20-21)10-19-11-7-8-13(17)14(18)9-11/h3-9,19H,2,10H2,1H3. The number of nitrogens with one attached hydrogen (secondary N) is 1. The van der Waals surface area contributed by atoms with Gasteiger partial charge in [0, 0.05) is 23.7 Å². The van der Waals surface area contributed by atoms with Crippen molar-refractivity contribution in [2.24, 2.45) is 0 Å². The van der Waals surface area contributed by atoms with Crippen LogP contribution >= 0.6 is 0 Å². The number of nitrogens with zero attached hydrogens (tertiary/aromatic N) is 2. The molecule has 0 aliphatic heterocycles. The minimum atomic E-state index is -0.857. The van der Waals surface area contributed by atoms with Crippen molar-refractivity contribution in [2.75, 3.05) is 5.32 Å². The SMILES string of the molecule is CCn1nc(CNc2ccc(F)c(F)c2)c2ccccc21. The van der Waals surface area contributed by atoms with E-state index < -0.39 is 11.6 Å². The Hall–Kier alpha value is -2.43. The normalized spacial score (nSPS) is 11.0. The molecule has 0 spiro atoms. The highest BCUT2D eigenvalue weighted by Gasteiger charge is 2.09. The summed E-state index contributed by atoms with van der Waals surface area (Å²) in [5, 5.41) is 8.69. The summed E-state index contributed by atoms with van der Waals surface area (Å²) >= 11 is 0. The number of aryl methyl sites for hydroxylation is 1.